The van der Waals surface area contributed by atoms with Crippen molar-refractivity contribution in [3.05, 3.63) is 35.8 Å². The number of fused-ring (bicyclic) bond motifs is 1. The number of aromatic nitrogens is 2. The van der Waals surface area contributed by atoms with Crippen LogP contribution in [0.2, 0.25) is 0 Å². The van der Waals surface area contributed by atoms with Crippen LogP contribution in [-0.4, -0.2) is 41.1 Å². The van der Waals surface area contributed by atoms with Crippen LogP contribution < -0.4 is 10.6 Å². The van der Waals surface area contributed by atoms with Crippen LogP contribution >= 0.6 is 24.0 Å². The molecule has 0 saturated carbocycles. The first-order chi connectivity index (χ1) is 11.3. The number of imidazole rings is 1. The second-order valence-electron chi connectivity index (χ2n) is 5.84. The normalized spacial score (nSPS) is 17.8. The molecular weight excluding hydrogens is 417 g/mol. The molecule has 1 aliphatic rings. The third-order valence-electron chi connectivity index (χ3n) is 4.01. The quantitative estimate of drug-likeness (QED) is 0.424. The zero-order chi connectivity index (χ0) is 16.1. The van der Waals surface area contributed by atoms with Gasteiger partial charge in [-0.1, -0.05) is 6.07 Å². The average molecular weight is 443 g/mol. The number of pyridine rings is 1. The second-order valence-corrected chi connectivity index (χ2v) is 5.84. The van der Waals surface area contributed by atoms with Gasteiger partial charge in [0.2, 0.25) is 0 Å². The van der Waals surface area contributed by atoms with E-state index in [9.17, 15) is 0 Å². The fraction of sp³-hybridized carbons (Fsp3) is 0.529. The summed E-state index contributed by atoms with van der Waals surface area (Å²) >= 11 is 0. The van der Waals surface area contributed by atoms with E-state index in [-0.39, 0.29) is 24.0 Å². The second kappa shape index (κ2) is 9.22. The standard InChI is InChI=1S/C17H25N5O.HI/c1-3-18-17(20-11-15-7-5-9-23-15)19-10-14-12-22-13(2)6-4-8-16(22)21-14;/h4,6,8,12,15H,3,5,7,9-11H2,1-2H3,(H2,18,19,20);1H. The number of rotatable bonds is 5. The molecule has 2 aromatic rings. The van der Waals surface area contributed by atoms with Gasteiger partial charge in [0.05, 0.1) is 18.3 Å². The Kier molecular flexibility index (Phi) is 7.29. The molecule has 3 heterocycles. The van der Waals surface area contributed by atoms with E-state index in [1.165, 1.54) is 5.69 Å². The Labute approximate surface area is 160 Å². The van der Waals surface area contributed by atoms with Crippen LogP contribution in [-0.2, 0) is 11.3 Å². The van der Waals surface area contributed by atoms with Crippen molar-refractivity contribution in [2.24, 2.45) is 4.99 Å². The van der Waals surface area contributed by atoms with Gasteiger partial charge in [-0.2, -0.15) is 0 Å². The predicted molar refractivity (Wildman–Crippen MR) is 107 cm³/mol. The van der Waals surface area contributed by atoms with Crippen molar-refractivity contribution >= 4 is 35.6 Å². The first-order valence-electron chi connectivity index (χ1n) is 8.33. The highest BCUT2D eigenvalue weighted by atomic mass is 127. The van der Waals surface area contributed by atoms with Crippen molar-refractivity contribution in [1.29, 1.82) is 0 Å². The van der Waals surface area contributed by atoms with Crippen molar-refractivity contribution in [1.82, 2.24) is 20.0 Å². The number of nitrogens with one attached hydrogen (secondary N) is 2. The SMILES string of the molecule is CCNC(=NCc1cn2c(C)cccc2n1)NCC1CCCO1.I. The van der Waals surface area contributed by atoms with Crippen molar-refractivity contribution in [2.75, 3.05) is 19.7 Å². The van der Waals surface area contributed by atoms with Crippen molar-refractivity contribution in [3.63, 3.8) is 0 Å². The molecule has 0 radical (unpaired) electrons. The zero-order valence-corrected chi connectivity index (χ0v) is 16.6. The average Bonchev–Trinajstić information content (AvgIpc) is 3.20. The summed E-state index contributed by atoms with van der Waals surface area (Å²) in [6.07, 6.45) is 4.63. The molecule has 7 heteroatoms. The Morgan fingerprint density at radius 3 is 3.00 bits per heavy atom. The van der Waals surface area contributed by atoms with Gasteiger partial charge in [0.1, 0.15) is 5.65 Å². The Bertz CT molecular complexity index is 679. The Morgan fingerprint density at radius 1 is 1.42 bits per heavy atom. The van der Waals surface area contributed by atoms with Crippen molar-refractivity contribution in [2.45, 2.75) is 39.3 Å². The van der Waals surface area contributed by atoms with E-state index >= 15 is 0 Å². The number of hydrogen-bond acceptors (Lipinski definition) is 3. The number of nitrogens with zero attached hydrogens (tertiary/aromatic N) is 3. The summed E-state index contributed by atoms with van der Waals surface area (Å²) < 4.78 is 7.73. The first kappa shape index (κ1) is 19.0. The van der Waals surface area contributed by atoms with Gasteiger partial charge < -0.3 is 19.8 Å². The summed E-state index contributed by atoms with van der Waals surface area (Å²) in [6.45, 7) is 7.22. The molecule has 0 amide bonds. The molecule has 2 N–H and O–H groups in total. The lowest BCUT2D eigenvalue weighted by atomic mass is 10.2. The molecular formula is C17H26IN5O. The van der Waals surface area contributed by atoms with Crippen LogP contribution in [0.15, 0.2) is 29.4 Å². The zero-order valence-electron chi connectivity index (χ0n) is 14.3. The highest BCUT2D eigenvalue weighted by Crippen LogP contribution is 2.11. The summed E-state index contributed by atoms with van der Waals surface area (Å²) in [4.78, 5) is 9.25. The van der Waals surface area contributed by atoms with Crippen LogP contribution in [0.4, 0.5) is 0 Å². The van der Waals surface area contributed by atoms with E-state index < -0.39 is 0 Å². The molecule has 0 aromatic carbocycles. The van der Waals surface area contributed by atoms with Crippen LogP contribution in [0, 0.1) is 6.92 Å². The van der Waals surface area contributed by atoms with Gasteiger partial charge in [-0.05, 0) is 38.8 Å². The van der Waals surface area contributed by atoms with Gasteiger partial charge in [0.15, 0.2) is 5.96 Å². The van der Waals surface area contributed by atoms with Gasteiger partial charge in [0, 0.05) is 31.6 Å². The van der Waals surface area contributed by atoms with E-state index in [2.05, 4.69) is 51.1 Å². The topological polar surface area (TPSA) is 63.0 Å². The number of ether oxygens (including phenoxy) is 1. The minimum absolute atomic E-state index is 0. The van der Waals surface area contributed by atoms with E-state index in [1.807, 2.05) is 12.1 Å². The molecule has 1 atom stereocenters. The van der Waals surface area contributed by atoms with Gasteiger partial charge in [-0.15, -0.1) is 24.0 Å². The fourth-order valence-electron chi connectivity index (χ4n) is 2.79. The van der Waals surface area contributed by atoms with E-state index in [4.69, 9.17) is 4.74 Å². The van der Waals surface area contributed by atoms with Crippen LogP contribution in [0.25, 0.3) is 5.65 Å². The lowest BCUT2D eigenvalue weighted by molar-refractivity contribution is 0.114. The number of aryl methyl sites for hydroxylation is 1. The number of hydrogen-bond donors (Lipinski definition) is 2. The smallest absolute Gasteiger partial charge is 0.191 e. The molecule has 6 nitrogen and oxygen atoms in total. The monoisotopic (exact) mass is 443 g/mol. The van der Waals surface area contributed by atoms with Gasteiger partial charge >= 0.3 is 0 Å². The van der Waals surface area contributed by atoms with E-state index in [1.54, 1.807) is 0 Å². The maximum atomic E-state index is 5.64. The molecule has 1 saturated heterocycles. The maximum absolute atomic E-state index is 5.64. The highest BCUT2D eigenvalue weighted by Gasteiger charge is 2.15. The molecule has 1 fully saturated rings. The molecule has 0 bridgehead atoms. The van der Waals surface area contributed by atoms with E-state index in [0.29, 0.717) is 12.6 Å². The summed E-state index contributed by atoms with van der Waals surface area (Å²) in [7, 11) is 0. The highest BCUT2D eigenvalue weighted by molar-refractivity contribution is 14.0. The summed E-state index contributed by atoms with van der Waals surface area (Å²) in [5.74, 6) is 0.816. The molecule has 3 rings (SSSR count). The van der Waals surface area contributed by atoms with Gasteiger partial charge in [-0.25, -0.2) is 9.98 Å². The number of halogens is 1. The summed E-state index contributed by atoms with van der Waals surface area (Å²) in [5.41, 5.74) is 3.11. The molecule has 1 aliphatic heterocycles. The van der Waals surface area contributed by atoms with Gasteiger partial charge in [0.25, 0.3) is 0 Å². The third-order valence-corrected chi connectivity index (χ3v) is 4.01. The molecule has 0 aliphatic carbocycles. The minimum atomic E-state index is 0. The largest absolute Gasteiger partial charge is 0.376 e. The van der Waals surface area contributed by atoms with Crippen LogP contribution in [0.1, 0.15) is 31.2 Å². The number of aliphatic imine (C=N–C) groups is 1. The lowest BCUT2D eigenvalue weighted by Crippen LogP contribution is -2.41. The van der Waals surface area contributed by atoms with Crippen molar-refractivity contribution < 1.29 is 4.74 Å². The molecule has 24 heavy (non-hydrogen) atoms. The molecule has 0 spiro atoms. The van der Waals surface area contributed by atoms with Crippen LogP contribution in [0.3, 0.4) is 0 Å². The Balaban J connectivity index is 0.00000208. The molecule has 2 aromatic heterocycles. The van der Waals surface area contributed by atoms with Crippen LogP contribution in [0.5, 0.6) is 0 Å². The van der Waals surface area contributed by atoms with E-state index in [0.717, 1.165) is 49.8 Å². The molecule has 132 valence electrons. The molecule has 1 unspecified atom stereocenters. The fourth-order valence-corrected chi connectivity index (χ4v) is 2.79. The van der Waals surface area contributed by atoms with Gasteiger partial charge in [-0.3, -0.25) is 0 Å². The predicted octanol–water partition coefficient (Wildman–Crippen LogP) is 2.49. The maximum Gasteiger partial charge on any atom is 0.191 e. The van der Waals surface area contributed by atoms with Crippen molar-refractivity contribution in [3.8, 4) is 0 Å². The Morgan fingerprint density at radius 2 is 2.29 bits per heavy atom. The lowest BCUT2D eigenvalue weighted by Gasteiger charge is -2.14. The Hall–Kier alpha value is -1.35. The third kappa shape index (κ3) is 4.83. The minimum Gasteiger partial charge on any atom is -0.376 e. The summed E-state index contributed by atoms with van der Waals surface area (Å²) in [5, 5.41) is 6.63. The number of guanidine groups is 1. The summed E-state index contributed by atoms with van der Waals surface area (Å²) in [6, 6.07) is 6.12. The first-order valence-corrected chi connectivity index (χ1v) is 8.33.